The Bertz CT molecular complexity index is 1350. The van der Waals surface area contributed by atoms with Gasteiger partial charge in [0.2, 0.25) is 11.4 Å². The monoisotopic (exact) mass is 422 g/mol. The molecule has 2 aliphatic heterocycles. The van der Waals surface area contributed by atoms with Gasteiger partial charge >= 0.3 is 17.3 Å². The van der Waals surface area contributed by atoms with Gasteiger partial charge in [0.15, 0.2) is 0 Å². The standard InChI is InChI=1S/C20H10N2O9/c23-9-5-6-12-14(7-9)30-15-8-13(24)17(21(26)27)18(22(28)29)16(15)20(12)11-4-2-1-3-10(11)19(25)31-20/h1-8,23-24H. The normalized spacial score (nSPS) is 17.9. The first-order valence-corrected chi connectivity index (χ1v) is 8.79. The first kappa shape index (κ1) is 18.4. The van der Waals surface area contributed by atoms with Crippen molar-refractivity contribution >= 4 is 17.3 Å². The summed E-state index contributed by atoms with van der Waals surface area (Å²) >= 11 is 0. The van der Waals surface area contributed by atoms with Crippen molar-refractivity contribution in [2.24, 2.45) is 0 Å². The van der Waals surface area contributed by atoms with Crippen LogP contribution in [0.25, 0.3) is 0 Å². The molecule has 31 heavy (non-hydrogen) atoms. The highest BCUT2D eigenvalue weighted by Crippen LogP contribution is 2.61. The Kier molecular flexibility index (Phi) is 3.51. The van der Waals surface area contributed by atoms with Gasteiger partial charge in [0.25, 0.3) is 0 Å². The SMILES string of the molecule is O=C1OC2(c3ccc(O)cc3Oc3cc(O)c([N+](=O)[O-])c([N+](=O)[O-])c32)c2ccccc21. The second-order valence-electron chi connectivity index (χ2n) is 6.88. The Morgan fingerprint density at radius 2 is 1.58 bits per heavy atom. The Morgan fingerprint density at radius 3 is 2.29 bits per heavy atom. The van der Waals surface area contributed by atoms with Gasteiger partial charge < -0.3 is 19.7 Å². The number of nitro groups is 2. The van der Waals surface area contributed by atoms with Gasteiger partial charge in [-0.1, -0.05) is 18.2 Å². The summed E-state index contributed by atoms with van der Waals surface area (Å²) < 4.78 is 11.4. The van der Waals surface area contributed by atoms with Gasteiger partial charge in [-0.15, -0.1) is 0 Å². The number of nitrogens with zero attached hydrogens (tertiary/aromatic N) is 2. The van der Waals surface area contributed by atoms with E-state index in [1.807, 2.05) is 0 Å². The maximum Gasteiger partial charge on any atom is 0.387 e. The van der Waals surface area contributed by atoms with E-state index in [1.165, 1.54) is 30.3 Å². The topological polar surface area (TPSA) is 162 Å². The molecule has 11 nitrogen and oxygen atoms in total. The second kappa shape index (κ2) is 5.92. The van der Waals surface area contributed by atoms with Crippen LogP contribution in [0, 0.1) is 20.2 Å². The number of carbonyl (C=O) groups is 1. The van der Waals surface area contributed by atoms with E-state index in [2.05, 4.69) is 0 Å². The number of carbonyl (C=O) groups excluding carboxylic acids is 1. The number of fused-ring (bicyclic) bond motifs is 6. The van der Waals surface area contributed by atoms with E-state index in [9.17, 15) is 35.2 Å². The number of ether oxygens (including phenoxy) is 2. The lowest BCUT2D eigenvalue weighted by atomic mass is 9.76. The van der Waals surface area contributed by atoms with E-state index >= 15 is 0 Å². The van der Waals surface area contributed by atoms with Crippen LogP contribution in [0.5, 0.6) is 23.0 Å². The van der Waals surface area contributed by atoms with Gasteiger partial charge in [0, 0.05) is 23.3 Å². The first-order chi connectivity index (χ1) is 14.8. The summed E-state index contributed by atoms with van der Waals surface area (Å²) in [4.78, 5) is 34.2. The molecule has 0 saturated carbocycles. The zero-order valence-corrected chi connectivity index (χ0v) is 15.3. The van der Waals surface area contributed by atoms with Crippen molar-refractivity contribution in [2.45, 2.75) is 5.60 Å². The molecule has 0 fully saturated rings. The van der Waals surface area contributed by atoms with Crippen molar-refractivity contribution in [3.8, 4) is 23.0 Å². The second-order valence-corrected chi connectivity index (χ2v) is 6.88. The molecule has 0 radical (unpaired) electrons. The molecule has 5 rings (SSSR count). The van der Waals surface area contributed by atoms with E-state index in [0.29, 0.717) is 0 Å². The highest BCUT2D eigenvalue weighted by molar-refractivity contribution is 5.97. The van der Waals surface area contributed by atoms with Crippen LogP contribution < -0.4 is 4.74 Å². The molecule has 2 aliphatic rings. The fraction of sp³-hybridized carbons (Fsp3) is 0.0500. The lowest BCUT2D eigenvalue weighted by Crippen LogP contribution is -2.34. The molecular formula is C20H10N2O9. The summed E-state index contributed by atoms with van der Waals surface area (Å²) in [6.45, 7) is 0. The molecule has 0 saturated heterocycles. The Morgan fingerprint density at radius 1 is 0.871 bits per heavy atom. The molecule has 1 unspecified atom stereocenters. The quantitative estimate of drug-likeness (QED) is 0.357. The smallest absolute Gasteiger partial charge is 0.387 e. The maximum atomic E-state index is 12.7. The first-order valence-electron chi connectivity index (χ1n) is 8.79. The fourth-order valence-corrected chi connectivity index (χ4v) is 4.14. The molecule has 1 spiro atoms. The molecule has 154 valence electrons. The zero-order valence-electron chi connectivity index (χ0n) is 15.3. The number of phenolic OH excluding ortho intramolecular Hbond substituents is 2. The summed E-state index contributed by atoms with van der Waals surface area (Å²) in [5.41, 5.74) is -4.15. The molecule has 1 atom stereocenters. The fourth-order valence-electron chi connectivity index (χ4n) is 4.14. The number of hydrogen-bond donors (Lipinski definition) is 2. The van der Waals surface area contributed by atoms with E-state index in [1.54, 1.807) is 12.1 Å². The van der Waals surface area contributed by atoms with Crippen LogP contribution in [-0.2, 0) is 10.3 Å². The van der Waals surface area contributed by atoms with Crippen LogP contribution in [0.4, 0.5) is 11.4 Å². The third kappa shape index (κ3) is 2.25. The molecule has 0 amide bonds. The van der Waals surface area contributed by atoms with Crippen LogP contribution in [0.3, 0.4) is 0 Å². The van der Waals surface area contributed by atoms with Crippen molar-refractivity contribution in [2.75, 3.05) is 0 Å². The molecule has 0 bridgehead atoms. The summed E-state index contributed by atoms with van der Waals surface area (Å²) in [7, 11) is 0. The zero-order chi connectivity index (χ0) is 22.1. The van der Waals surface area contributed by atoms with Gasteiger partial charge in [-0.25, -0.2) is 4.79 Å². The molecule has 2 heterocycles. The molecule has 0 aliphatic carbocycles. The predicted molar refractivity (Wildman–Crippen MR) is 101 cm³/mol. The highest BCUT2D eigenvalue weighted by Gasteiger charge is 2.59. The van der Waals surface area contributed by atoms with Gasteiger partial charge in [0.05, 0.1) is 15.4 Å². The molecule has 3 aromatic carbocycles. The van der Waals surface area contributed by atoms with E-state index in [-0.39, 0.29) is 33.9 Å². The van der Waals surface area contributed by atoms with Gasteiger partial charge in [0.1, 0.15) is 22.8 Å². The minimum atomic E-state index is -1.97. The van der Waals surface area contributed by atoms with Gasteiger partial charge in [-0.3, -0.25) is 20.2 Å². The number of aromatic hydroxyl groups is 2. The Balaban J connectivity index is 2.01. The summed E-state index contributed by atoms with van der Waals surface area (Å²) in [6.07, 6.45) is 0. The number of esters is 1. The number of rotatable bonds is 2. The number of nitro benzene ring substituents is 2. The Hall–Kier alpha value is -4.67. The van der Waals surface area contributed by atoms with E-state index in [0.717, 1.165) is 6.07 Å². The van der Waals surface area contributed by atoms with Crippen molar-refractivity contribution in [3.63, 3.8) is 0 Å². The minimum Gasteiger partial charge on any atom is -0.508 e. The number of phenols is 2. The summed E-state index contributed by atoms with van der Waals surface area (Å²) in [5.74, 6) is -2.31. The van der Waals surface area contributed by atoms with Gasteiger partial charge in [-0.05, 0) is 18.2 Å². The van der Waals surface area contributed by atoms with Crippen molar-refractivity contribution < 1.29 is 34.3 Å². The molecule has 11 heteroatoms. The molecule has 2 N–H and O–H groups in total. The number of hydrogen-bond acceptors (Lipinski definition) is 9. The summed E-state index contributed by atoms with van der Waals surface area (Å²) in [6, 6.07) is 10.8. The van der Waals surface area contributed by atoms with E-state index in [4.69, 9.17) is 9.47 Å². The van der Waals surface area contributed by atoms with Crippen molar-refractivity contribution in [3.05, 3.63) is 91.0 Å². The Labute approximate surface area is 172 Å². The van der Waals surface area contributed by atoms with Crippen LogP contribution >= 0.6 is 0 Å². The third-order valence-electron chi connectivity index (χ3n) is 5.27. The van der Waals surface area contributed by atoms with Crippen LogP contribution in [0.2, 0.25) is 0 Å². The minimum absolute atomic E-state index is 0.000413. The van der Waals surface area contributed by atoms with E-state index < -0.39 is 44.1 Å². The maximum absolute atomic E-state index is 12.7. The van der Waals surface area contributed by atoms with Crippen LogP contribution in [-0.4, -0.2) is 26.0 Å². The lowest BCUT2D eigenvalue weighted by molar-refractivity contribution is -0.424. The average molecular weight is 422 g/mol. The van der Waals surface area contributed by atoms with Crippen molar-refractivity contribution in [1.29, 1.82) is 0 Å². The molecule has 0 aromatic heterocycles. The summed E-state index contributed by atoms with van der Waals surface area (Å²) in [5, 5.41) is 43.7. The third-order valence-corrected chi connectivity index (χ3v) is 5.27. The number of benzene rings is 3. The molecular weight excluding hydrogens is 412 g/mol. The van der Waals surface area contributed by atoms with Crippen molar-refractivity contribution in [1.82, 2.24) is 0 Å². The van der Waals surface area contributed by atoms with Crippen LogP contribution in [0.1, 0.15) is 27.0 Å². The van der Waals surface area contributed by atoms with Crippen LogP contribution in [0.15, 0.2) is 48.5 Å². The van der Waals surface area contributed by atoms with Gasteiger partial charge in [-0.2, -0.15) is 0 Å². The predicted octanol–water partition coefficient (Wildman–Crippen LogP) is 3.48. The average Bonchev–Trinajstić information content (AvgIpc) is 3.00. The largest absolute Gasteiger partial charge is 0.508 e. The highest BCUT2D eigenvalue weighted by atomic mass is 16.6. The molecule has 3 aromatic rings. The lowest BCUT2D eigenvalue weighted by Gasteiger charge is -2.35.